The van der Waals surface area contributed by atoms with Gasteiger partial charge in [-0.25, -0.2) is 9.59 Å². The zero-order chi connectivity index (χ0) is 29.8. The predicted molar refractivity (Wildman–Crippen MR) is 148 cm³/mol. The van der Waals surface area contributed by atoms with Crippen molar-refractivity contribution in [2.45, 2.75) is 32.0 Å². The molecular formula is C29H24Cl2F2N2O7. The summed E-state index contributed by atoms with van der Waals surface area (Å²) in [6.45, 7) is -3.50. The van der Waals surface area contributed by atoms with Gasteiger partial charge >= 0.3 is 18.6 Å². The van der Waals surface area contributed by atoms with Crippen LogP contribution in [0.25, 0.3) is 10.9 Å². The molecule has 1 aliphatic rings. The number of alkyl halides is 2. The molecule has 42 heavy (non-hydrogen) atoms. The van der Waals surface area contributed by atoms with Gasteiger partial charge in [0.1, 0.15) is 21.8 Å². The molecule has 2 aromatic heterocycles. The van der Waals surface area contributed by atoms with Crippen LogP contribution in [-0.4, -0.2) is 36.7 Å². The number of esters is 2. The highest BCUT2D eigenvalue weighted by Crippen LogP contribution is 2.37. The summed E-state index contributed by atoms with van der Waals surface area (Å²) in [6.07, 6.45) is 2.92. The molecule has 220 valence electrons. The maximum absolute atomic E-state index is 13.0. The van der Waals surface area contributed by atoms with Gasteiger partial charge in [0.2, 0.25) is 0 Å². The highest BCUT2D eigenvalue weighted by molar-refractivity contribution is 6.35. The Morgan fingerprint density at radius 3 is 2.48 bits per heavy atom. The van der Waals surface area contributed by atoms with Crippen molar-refractivity contribution in [3.8, 4) is 11.5 Å². The average Bonchev–Trinajstić information content (AvgIpc) is 3.67. The first-order chi connectivity index (χ1) is 20.2. The van der Waals surface area contributed by atoms with E-state index in [9.17, 15) is 23.6 Å². The molecular weight excluding hydrogens is 597 g/mol. The molecule has 1 N–H and O–H groups in total. The fourth-order valence-electron chi connectivity index (χ4n) is 4.24. The molecule has 1 atom stereocenters. The Bertz CT molecular complexity index is 1550. The number of carbonyl (C=O) groups excluding carboxylic acids is 2. The van der Waals surface area contributed by atoms with Crippen LogP contribution in [-0.2, 0) is 20.7 Å². The lowest BCUT2D eigenvalue weighted by Gasteiger charge is -2.21. The van der Waals surface area contributed by atoms with Gasteiger partial charge in [-0.3, -0.25) is 0 Å². The number of fused-ring (bicyclic) bond motifs is 1. The van der Waals surface area contributed by atoms with Gasteiger partial charge in [-0.1, -0.05) is 47.5 Å². The van der Waals surface area contributed by atoms with E-state index >= 15 is 0 Å². The highest BCUT2D eigenvalue weighted by Gasteiger charge is 2.27. The van der Waals surface area contributed by atoms with Gasteiger partial charge in [-0.15, -0.1) is 0 Å². The summed E-state index contributed by atoms with van der Waals surface area (Å²) < 4.78 is 47.7. The number of hydrogen-bond acceptors (Lipinski definition) is 7. The quantitative estimate of drug-likeness (QED) is 0.114. The third-order valence-electron chi connectivity index (χ3n) is 6.52. The number of benzene rings is 2. The maximum Gasteiger partial charge on any atom is 0.387 e. The van der Waals surface area contributed by atoms with Crippen LogP contribution in [0.15, 0.2) is 60.9 Å². The number of nitrogens with zero attached hydrogens (tertiary/aromatic N) is 1. The van der Waals surface area contributed by atoms with Crippen LogP contribution in [0, 0.1) is 11.1 Å². The lowest BCUT2D eigenvalue weighted by atomic mass is 10.0. The summed E-state index contributed by atoms with van der Waals surface area (Å²) in [6, 6.07) is 13.0. The zero-order valence-corrected chi connectivity index (χ0v) is 23.4. The van der Waals surface area contributed by atoms with E-state index in [2.05, 4.69) is 9.72 Å². The maximum atomic E-state index is 13.0. The number of para-hydroxylation sites is 1. The van der Waals surface area contributed by atoms with Crippen LogP contribution in [0.4, 0.5) is 8.78 Å². The van der Waals surface area contributed by atoms with Crippen molar-refractivity contribution in [2.75, 3.05) is 13.2 Å². The van der Waals surface area contributed by atoms with Gasteiger partial charge in [0.15, 0.2) is 30.5 Å². The Labute approximate surface area is 248 Å². The average molecular weight is 621 g/mol. The Morgan fingerprint density at radius 2 is 1.79 bits per heavy atom. The Morgan fingerprint density at radius 1 is 1.05 bits per heavy atom. The fraction of sp³-hybridized carbons (Fsp3) is 0.276. The minimum absolute atomic E-state index is 0.0200. The lowest BCUT2D eigenvalue weighted by Crippen LogP contribution is -2.26. The Balaban J connectivity index is 1.36. The molecule has 0 bridgehead atoms. The third-order valence-corrected chi connectivity index (χ3v) is 7.17. The van der Waals surface area contributed by atoms with E-state index in [0.717, 1.165) is 36.1 Å². The molecule has 0 radical (unpaired) electrons. The number of H-pyrrole nitrogens is 1. The number of halogens is 4. The summed E-state index contributed by atoms with van der Waals surface area (Å²) in [5.41, 5.74) is 1.51. The number of ether oxygens (including phenoxy) is 4. The Kier molecular flexibility index (Phi) is 8.98. The number of aromatic nitrogens is 2. The summed E-state index contributed by atoms with van der Waals surface area (Å²) in [4.78, 5) is 28.4. The molecule has 4 aromatic rings. The normalized spacial score (nSPS) is 13.6. The molecule has 1 fully saturated rings. The Hall–Kier alpha value is -4.09. The molecule has 13 heteroatoms. The van der Waals surface area contributed by atoms with E-state index in [0.29, 0.717) is 28.4 Å². The minimum Gasteiger partial charge on any atom is -0.619 e. The summed E-state index contributed by atoms with van der Waals surface area (Å²) in [5.74, 6) is -1.50. The van der Waals surface area contributed by atoms with Gasteiger partial charge < -0.3 is 29.1 Å². The molecule has 0 spiro atoms. The number of pyridine rings is 1. The van der Waals surface area contributed by atoms with Crippen molar-refractivity contribution in [2.24, 2.45) is 5.92 Å². The van der Waals surface area contributed by atoms with E-state index in [1.165, 1.54) is 18.2 Å². The topological polar surface area (TPSA) is 114 Å². The molecule has 0 aliphatic heterocycles. The molecule has 9 nitrogen and oxygen atoms in total. The number of hydrogen-bond donors (Lipinski definition) is 1. The molecule has 0 saturated heterocycles. The van der Waals surface area contributed by atoms with Gasteiger partial charge in [-0.05, 0) is 48.6 Å². The van der Waals surface area contributed by atoms with Crippen molar-refractivity contribution in [1.82, 2.24) is 4.98 Å². The smallest absolute Gasteiger partial charge is 0.387 e. The van der Waals surface area contributed by atoms with Crippen molar-refractivity contribution < 1.29 is 42.0 Å². The van der Waals surface area contributed by atoms with Gasteiger partial charge in [0.05, 0.1) is 6.61 Å². The molecule has 1 aliphatic carbocycles. The second-order valence-electron chi connectivity index (χ2n) is 9.66. The van der Waals surface area contributed by atoms with E-state index in [4.69, 9.17) is 37.4 Å². The number of nitrogens with one attached hydrogen (secondary N) is 1. The molecule has 0 amide bonds. The second-order valence-corrected chi connectivity index (χ2v) is 10.5. The lowest BCUT2D eigenvalue weighted by molar-refractivity contribution is -0.605. The van der Waals surface area contributed by atoms with Crippen LogP contribution < -0.4 is 14.2 Å². The van der Waals surface area contributed by atoms with Crippen LogP contribution in [0.3, 0.4) is 0 Å². The van der Waals surface area contributed by atoms with Crippen molar-refractivity contribution in [3.05, 3.63) is 93.0 Å². The summed E-state index contributed by atoms with van der Waals surface area (Å²) in [5, 5.41) is 12.6. The number of carbonyl (C=O) groups is 2. The molecule has 0 unspecified atom stereocenters. The van der Waals surface area contributed by atoms with Crippen LogP contribution >= 0.6 is 23.2 Å². The molecule has 5 rings (SSSR count). The summed E-state index contributed by atoms with van der Waals surface area (Å²) >= 11 is 12.5. The summed E-state index contributed by atoms with van der Waals surface area (Å²) in [7, 11) is 0. The van der Waals surface area contributed by atoms with E-state index < -0.39 is 31.3 Å². The third kappa shape index (κ3) is 7.40. The van der Waals surface area contributed by atoms with E-state index in [1.807, 2.05) is 18.2 Å². The van der Waals surface area contributed by atoms with Crippen LogP contribution in [0.5, 0.6) is 11.5 Å². The minimum atomic E-state index is -3.08. The predicted octanol–water partition coefficient (Wildman–Crippen LogP) is 6.18. The van der Waals surface area contributed by atoms with Crippen molar-refractivity contribution in [1.29, 1.82) is 0 Å². The van der Waals surface area contributed by atoms with Gasteiger partial charge in [0.25, 0.3) is 0 Å². The van der Waals surface area contributed by atoms with E-state index in [1.54, 1.807) is 12.1 Å². The van der Waals surface area contributed by atoms with Crippen molar-refractivity contribution in [3.63, 3.8) is 0 Å². The van der Waals surface area contributed by atoms with Crippen LogP contribution in [0.1, 0.15) is 40.6 Å². The SMILES string of the molecule is O=C(COC(=O)c1cc2ccccc2[nH]1)O[C@@H](Cc1c(Cl)c[n+]([O-])cc1Cl)c1ccc(OC(F)F)c(OCC2CC2)c1. The first-order valence-corrected chi connectivity index (χ1v) is 13.6. The van der Waals surface area contributed by atoms with Gasteiger partial charge in [0, 0.05) is 22.9 Å². The first-order valence-electron chi connectivity index (χ1n) is 12.9. The second kappa shape index (κ2) is 12.8. The number of rotatable bonds is 12. The highest BCUT2D eigenvalue weighted by atomic mass is 35.5. The van der Waals surface area contributed by atoms with Crippen LogP contribution in [0.2, 0.25) is 10.0 Å². The number of aromatic amines is 1. The van der Waals surface area contributed by atoms with Gasteiger partial charge in [-0.2, -0.15) is 13.5 Å². The first kappa shape index (κ1) is 29.4. The van der Waals surface area contributed by atoms with Crippen molar-refractivity contribution >= 4 is 46.0 Å². The molecule has 2 heterocycles. The standard InChI is InChI=1S/C29H24Cl2F2N2O7/c30-20-12-35(38)13-21(31)19(20)11-25(18-7-8-24(42-29(32)33)26(10-18)39-14-16-5-6-16)41-27(36)15-40-28(37)23-9-17-3-1-2-4-22(17)34-23/h1-4,7-10,12-13,16,25,29,34H,5-6,11,14-15H2/t25-/m0/s1. The largest absolute Gasteiger partial charge is 0.619 e. The molecule has 2 aromatic carbocycles. The fourth-order valence-corrected chi connectivity index (χ4v) is 4.84. The monoisotopic (exact) mass is 620 g/mol. The molecule has 1 saturated carbocycles. The zero-order valence-electron chi connectivity index (χ0n) is 21.9. The van der Waals surface area contributed by atoms with E-state index in [-0.39, 0.29) is 33.7 Å².